The van der Waals surface area contributed by atoms with Gasteiger partial charge in [-0.1, -0.05) is 28.1 Å². The number of rotatable bonds is 6. The topological polar surface area (TPSA) is 52.7 Å². The average Bonchev–Trinajstić information content (AvgIpc) is 2.56. The van der Waals surface area contributed by atoms with Crippen molar-refractivity contribution in [1.29, 1.82) is 0 Å². The number of halogens is 1. The molecule has 0 aliphatic carbocycles. The van der Waals surface area contributed by atoms with E-state index in [-0.39, 0.29) is 17.7 Å². The van der Waals surface area contributed by atoms with Crippen molar-refractivity contribution in [2.75, 3.05) is 40.3 Å². The molecule has 1 aliphatic heterocycles. The molecule has 0 unspecified atom stereocenters. The normalized spacial score (nSPS) is 15.6. The summed E-state index contributed by atoms with van der Waals surface area (Å²) >= 11 is 3.40. The summed E-state index contributed by atoms with van der Waals surface area (Å²) in [5, 5.41) is 2.98. The van der Waals surface area contributed by atoms with Crippen LogP contribution in [0.1, 0.15) is 18.4 Å². The van der Waals surface area contributed by atoms with Gasteiger partial charge in [-0.25, -0.2) is 0 Å². The highest BCUT2D eigenvalue weighted by molar-refractivity contribution is 9.10. The number of carbonyl (C=O) groups is 2. The first-order valence-corrected chi connectivity index (χ1v) is 9.19. The molecule has 0 atom stereocenters. The third-order valence-corrected chi connectivity index (χ3v) is 4.87. The molecule has 1 heterocycles. The summed E-state index contributed by atoms with van der Waals surface area (Å²) in [6, 6.07) is 7.83. The molecule has 132 valence electrons. The number of carbonyl (C=O) groups excluding carboxylic acids is 2. The van der Waals surface area contributed by atoms with Crippen molar-refractivity contribution >= 4 is 27.7 Å². The minimum absolute atomic E-state index is 0.0314. The molecule has 0 saturated carbocycles. The summed E-state index contributed by atoms with van der Waals surface area (Å²) in [4.78, 5) is 28.5. The molecule has 24 heavy (non-hydrogen) atoms. The van der Waals surface area contributed by atoms with Gasteiger partial charge in [0, 0.05) is 36.6 Å². The number of hydrogen-bond donors (Lipinski definition) is 1. The van der Waals surface area contributed by atoms with Crippen molar-refractivity contribution in [2.24, 2.45) is 5.92 Å². The first-order chi connectivity index (χ1) is 11.5. The van der Waals surface area contributed by atoms with Crippen LogP contribution in [0, 0.1) is 5.92 Å². The second-order valence-corrected chi connectivity index (χ2v) is 7.47. The number of nitrogens with one attached hydrogen (secondary N) is 1. The van der Waals surface area contributed by atoms with Gasteiger partial charge < -0.3 is 15.1 Å². The molecule has 0 spiro atoms. The van der Waals surface area contributed by atoms with E-state index in [2.05, 4.69) is 21.2 Å². The summed E-state index contributed by atoms with van der Waals surface area (Å²) in [6.45, 7) is 2.85. The van der Waals surface area contributed by atoms with Crippen LogP contribution in [0.4, 0.5) is 0 Å². The Hall–Kier alpha value is -1.40. The lowest BCUT2D eigenvalue weighted by Crippen LogP contribution is -2.44. The number of hydrogen-bond acceptors (Lipinski definition) is 3. The Morgan fingerprint density at radius 2 is 1.83 bits per heavy atom. The molecule has 1 fully saturated rings. The van der Waals surface area contributed by atoms with Crippen molar-refractivity contribution in [3.05, 3.63) is 34.3 Å². The fourth-order valence-corrected chi connectivity index (χ4v) is 3.09. The van der Waals surface area contributed by atoms with E-state index in [9.17, 15) is 9.59 Å². The van der Waals surface area contributed by atoms with Gasteiger partial charge in [0.1, 0.15) is 0 Å². The molecule has 1 aliphatic rings. The second-order valence-electron chi connectivity index (χ2n) is 6.55. The third-order valence-electron chi connectivity index (χ3n) is 4.35. The molecule has 2 amide bonds. The SMILES string of the molecule is CN(C)CCNC(=O)C1CCN(C(=O)Cc2ccc(Br)cc2)CC1. The molecule has 6 heteroatoms. The van der Waals surface area contributed by atoms with Crippen LogP contribution >= 0.6 is 15.9 Å². The zero-order chi connectivity index (χ0) is 17.5. The van der Waals surface area contributed by atoms with E-state index in [1.54, 1.807) is 0 Å². The van der Waals surface area contributed by atoms with Gasteiger partial charge in [0.25, 0.3) is 0 Å². The van der Waals surface area contributed by atoms with Gasteiger partial charge in [0.15, 0.2) is 0 Å². The smallest absolute Gasteiger partial charge is 0.226 e. The molecular formula is C18H26BrN3O2. The Balaban J connectivity index is 1.74. The van der Waals surface area contributed by atoms with Gasteiger partial charge in [-0.05, 0) is 44.6 Å². The number of likely N-dealkylation sites (tertiary alicyclic amines) is 1. The van der Waals surface area contributed by atoms with Crippen LogP contribution in [0.3, 0.4) is 0 Å². The lowest BCUT2D eigenvalue weighted by atomic mass is 9.95. The zero-order valence-electron chi connectivity index (χ0n) is 14.4. The highest BCUT2D eigenvalue weighted by Gasteiger charge is 2.27. The van der Waals surface area contributed by atoms with Crippen LogP contribution in [0.15, 0.2) is 28.7 Å². The van der Waals surface area contributed by atoms with Crippen molar-refractivity contribution in [3.8, 4) is 0 Å². The van der Waals surface area contributed by atoms with Gasteiger partial charge in [0.05, 0.1) is 6.42 Å². The van der Waals surface area contributed by atoms with Gasteiger partial charge >= 0.3 is 0 Å². The maximum atomic E-state index is 12.4. The molecule has 2 rings (SSSR count). The Morgan fingerprint density at radius 1 is 1.21 bits per heavy atom. The molecule has 1 N–H and O–H groups in total. The summed E-state index contributed by atoms with van der Waals surface area (Å²) in [5.41, 5.74) is 1.02. The predicted octanol–water partition coefficient (Wildman–Crippen LogP) is 1.91. The van der Waals surface area contributed by atoms with E-state index in [1.165, 1.54) is 0 Å². The van der Waals surface area contributed by atoms with Crippen LogP contribution < -0.4 is 5.32 Å². The number of piperidine rings is 1. The Labute approximate surface area is 152 Å². The van der Waals surface area contributed by atoms with Crippen molar-refractivity contribution in [3.63, 3.8) is 0 Å². The zero-order valence-corrected chi connectivity index (χ0v) is 16.0. The summed E-state index contributed by atoms with van der Waals surface area (Å²) in [6.07, 6.45) is 1.92. The second kappa shape index (κ2) is 9.18. The highest BCUT2D eigenvalue weighted by atomic mass is 79.9. The quantitative estimate of drug-likeness (QED) is 0.800. The largest absolute Gasteiger partial charge is 0.355 e. The molecule has 5 nitrogen and oxygen atoms in total. The Kier molecular flexibility index (Phi) is 7.24. The fraction of sp³-hybridized carbons (Fsp3) is 0.556. The summed E-state index contributed by atoms with van der Waals surface area (Å²) in [5.74, 6) is 0.296. The lowest BCUT2D eigenvalue weighted by molar-refractivity contribution is -0.135. The van der Waals surface area contributed by atoms with E-state index in [4.69, 9.17) is 0 Å². The maximum absolute atomic E-state index is 12.4. The third kappa shape index (κ3) is 5.91. The number of nitrogens with zero attached hydrogens (tertiary/aromatic N) is 2. The molecule has 0 radical (unpaired) electrons. The van der Waals surface area contributed by atoms with Gasteiger partial charge in [-0.15, -0.1) is 0 Å². The first-order valence-electron chi connectivity index (χ1n) is 8.40. The average molecular weight is 396 g/mol. The lowest BCUT2D eigenvalue weighted by Gasteiger charge is -2.31. The van der Waals surface area contributed by atoms with Crippen molar-refractivity contribution < 1.29 is 9.59 Å². The van der Waals surface area contributed by atoms with E-state index < -0.39 is 0 Å². The Morgan fingerprint density at radius 3 is 2.42 bits per heavy atom. The van der Waals surface area contributed by atoms with Crippen molar-refractivity contribution in [1.82, 2.24) is 15.1 Å². The van der Waals surface area contributed by atoms with Crippen LogP contribution in [-0.4, -0.2) is 61.9 Å². The van der Waals surface area contributed by atoms with Crippen LogP contribution in [0.25, 0.3) is 0 Å². The van der Waals surface area contributed by atoms with Gasteiger partial charge in [-0.3, -0.25) is 9.59 Å². The van der Waals surface area contributed by atoms with Crippen molar-refractivity contribution in [2.45, 2.75) is 19.3 Å². The van der Waals surface area contributed by atoms with E-state index in [1.807, 2.05) is 48.2 Å². The van der Waals surface area contributed by atoms with Gasteiger partial charge in [-0.2, -0.15) is 0 Å². The minimum Gasteiger partial charge on any atom is -0.355 e. The number of likely N-dealkylation sites (N-methyl/N-ethyl adjacent to an activating group) is 1. The minimum atomic E-state index is 0.0314. The van der Waals surface area contributed by atoms with E-state index in [0.717, 1.165) is 29.4 Å². The molecule has 0 bridgehead atoms. The highest BCUT2D eigenvalue weighted by Crippen LogP contribution is 2.19. The van der Waals surface area contributed by atoms with Crippen LogP contribution in [0.5, 0.6) is 0 Å². The standard InChI is InChI=1S/C18H26BrN3O2/c1-21(2)12-9-20-18(24)15-7-10-22(11-8-15)17(23)13-14-3-5-16(19)6-4-14/h3-6,15H,7-13H2,1-2H3,(H,20,24). The monoisotopic (exact) mass is 395 g/mol. The van der Waals surface area contributed by atoms with E-state index in [0.29, 0.717) is 26.1 Å². The van der Waals surface area contributed by atoms with Crippen LogP contribution in [0.2, 0.25) is 0 Å². The van der Waals surface area contributed by atoms with Crippen LogP contribution in [-0.2, 0) is 16.0 Å². The molecule has 1 aromatic rings. The molecular weight excluding hydrogens is 370 g/mol. The molecule has 1 saturated heterocycles. The Bertz CT molecular complexity index is 552. The first kappa shape index (κ1) is 18.9. The number of benzene rings is 1. The van der Waals surface area contributed by atoms with E-state index >= 15 is 0 Å². The number of amides is 2. The summed E-state index contributed by atoms with van der Waals surface area (Å²) < 4.78 is 1.01. The van der Waals surface area contributed by atoms with Gasteiger partial charge in [0.2, 0.25) is 11.8 Å². The summed E-state index contributed by atoms with van der Waals surface area (Å²) in [7, 11) is 3.98. The fourth-order valence-electron chi connectivity index (χ4n) is 2.83. The molecule has 1 aromatic carbocycles. The molecule has 0 aromatic heterocycles. The predicted molar refractivity (Wildman–Crippen MR) is 98.7 cm³/mol. The maximum Gasteiger partial charge on any atom is 0.226 e.